The topological polar surface area (TPSA) is 150 Å². The van der Waals surface area contributed by atoms with E-state index in [0.29, 0.717) is 12.1 Å². The van der Waals surface area contributed by atoms with Crippen LogP contribution >= 0.6 is 22.7 Å². The average Bonchev–Trinajstić information content (AvgIpc) is 3.66. The predicted octanol–water partition coefficient (Wildman–Crippen LogP) is 3.82. The molecule has 4 rings (SSSR count). The summed E-state index contributed by atoms with van der Waals surface area (Å²) in [5.41, 5.74) is 2.23. The lowest BCUT2D eigenvalue weighted by Gasteiger charge is -2.23. The van der Waals surface area contributed by atoms with Crippen LogP contribution in [0.15, 0.2) is 82.4 Å². The van der Waals surface area contributed by atoms with Gasteiger partial charge in [-0.15, -0.1) is 22.7 Å². The summed E-state index contributed by atoms with van der Waals surface area (Å²) in [6.07, 6.45) is -0.174. The molecule has 10 nitrogen and oxygen atoms in total. The Hall–Kier alpha value is -3.62. The molecule has 4 N–H and O–H groups in total. The quantitative estimate of drug-likeness (QED) is 0.225. The summed E-state index contributed by atoms with van der Waals surface area (Å²) in [4.78, 5) is 31.2. The third-order valence-corrected chi connectivity index (χ3v) is 8.79. The van der Waals surface area contributed by atoms with Gasteiger partial charge < -0.3 is 15.4 Å². The molecule has 2 aromatic carbocycles. The molecule has 39 heavy (non-hydrogen) atoms. The number of benzene rings is 2. The molecule has 13 heteroatoms. The number of hydrogen-bond acceptors (Lipinski definition) is 10. The summed E-state index contributed by atoms with van der Waals surface area (Å²) in [5.74, 6) is 4.46. The maximum Gasteiger partial charge on any atom is 0.407 e. The van der Waals surface area contributed by atoms with Gasteiger partial charge >= 0.3 is 16.2 Å². The van der Waals surface area contributed by atoms with Crippen LogP contribution in [0.4, 0.5) is 4.79 Å². The van der Waals surface area contributed by atoms with Gasteiger partial charge in [0.25, 0.3) is 0 Å². The maximum absolute atomic E-state index is 13.5. The van der Waals surface area contributed by atoms with Gasteiger partial charge in [0.05, 0.1) is 28.6 Å². The maximum atomic E-state index is 13.5. The number of nitrogens with two attached hydrogens (primary N) is 1. The Morgan fingerprint density at radius 3 is 2.31 bits per heavy atom. The van der Waals surface area contributed by atoms with Gasteiger partial charge in [0.2, 0.25) is 5.91 Å². The Bertz CT molecular complexity index is 1490. The second-order valence-corrected chi connectivity index (χ2v) is 11.8. The number of methoxy groups -OCH3 is 1. The lowest BCUT2D eigenvalue weighted by Crippen LogP contribution is -2.49. The zero-order chi connectivity index (χ0) is 27.8. The third kappa shape index (κ3) is 7.49. The smallest absolute Gasteiger partial charge is 0.407 e. The van der Waals surface area contributed by atoms with Crippen molar-refractivity contribution >= 4 is 44.8 Å². The van der Waals surface area contributed by atoms with Crippen molar-refractivity contribution in [2.45, 2.75) is 29.8 Å². The van der Waals surface area contributed by atoms with Crippen LogP contribution < -0.4 is 16.5 Å². The van der Waals surface area contributed by atoms with Gasteiger partial charge in [-0.05, 0) is 41.1 Å². The second kappa shape index (κ2) is 13.0. The van der Waals surface area contributed by atoms with E-state index < -0.39 is 34.2 Å². The van der Waals surface area contributed by atoms with E-state index in [-0.39, 0.29) is 11.3 Å². The molecule has 0 aliphatic rings. The largest absolute Gasteiger partial charge is 0.453 e. The number of carbonyl (C=O) groups excluding carboxylic acids is 2. The number of nitrogens with one attached hydrogen (secondary N) is 2. The summed E-state index contributed by atoms with van der Waals surface area (Å²) in [6, 6.07) is 17.7. The molecule has 204 valence electrons. The van der Waals surface area contributed by atoms with Crippen molar-refractivity contribution in [3.63, 3.8) is 0 Å². The van der Waals surface area contributed by atoms with Crippen molar-refractivity contribution < 1.29 is 27.0 Å². The highest BCUT2D eigenvalue weighted by Crippen LogP contribution is 2.31. The van der Waals surface area contributed by atoms with E-state index in [1.807, 2.05) is 53.2 Å². The average molecular weight is 587 g/mol. The summed E-state index contributed by atoms with van der Waals surface area (Å²) in [5, 5.41) is 10.3. The number of amides is 2. The minimum absolute atomic E-state index is 0.0896. The molecule has 0 unspecified atom stereocenters. The van der Waals surface area contributed by atoms with E-state index in [1.165, 1.54) is 30.6 Å². The number of thiophene rings is 1. The molecule has 0 aliphatic carbocycles. The molecule has 2 heterocycles. The van der Waals surface area contributed by atoms with E-state index in [2.05, 4.69) is 14.9 Å². The molecule has 0 bridgehead atoms. The van der Waals surface area contributed by atoms with Crippen LogP contribution in [0, 0.1) is 0 Å². The van der Waals surface area contributed by atoms with Crippen LogP contribution in [-0.2, 0) is 36.8 Å². The number of thiazole rings is 1. The van der Waals surface area contributed by atoms with Crippen LogP contribution in [0.3, 0.4) is 0 Å². The number of hydrogen-bond donors (Lipinski definition) is 3. The number of nitrogens with zero attached hydrogens (tertiary/aromatic N) is 1. The van der Waals surface area contributed by atoms with E-state index in [9.17, 15) is 18.0 Å². The third-order valence-electron chi connectivity index (χ3n) is 5.78. The van der Waals surface area contributed by atoms with Crippen LogP contribution in [0.1, 0.15) is 22.9 Å². The molecule has 0 saturated carbocycles. The van der Waals surface area contributed by atoms with Crippen molar-refractivity contribution in [3.8, 4) is 9.88 Å². The van der Waals surface area contributed by atoms with E-state index in [0.717, 1.165) is 21.0 Å². The zero-order valence-corrected chi connectivity index (χ0v) is 23.2. The van der Waals surface area contributed by atoms with Crippen molar-refractivity contribution in [2.24, 2.45) is 5.90 Å². The SMILES string of the molecule is COC(=O)N[C@@H](Cc1ccccc1)C(=O)N[C@@H](Cc1ccc(S(=O)(=O)ON)cc1)c1csc(-c2cccs2)n1. The number of alkyl carbamates (subject to hydrolysis) is 1. The van der Waals surface area contributed by atoms with Crippen LogP contribution in [-0.4, -0.2) is 38.6 Å². The Kier molecular flexibility index (Phi) is 9.43. The van der Waals surface area contributed by atoms with Crippen LogP contribution in [0.25, 0.3) is 9.88 Å². The fourth-order valence-electron chi connectivity index (χ4n) is 3.81. The van der Waals surface area contributed by atoms with Gasteiger partial charge in [0, 0.05) is 11.8 Å². The summed E-state index contributed by atoms with van der Waals surface area (Å²) < 4.78 is 32.6. The number of rotatable bonds is 11. The van der Waals surface area contributed by atoms with E-state index >= 15 is 0 Å². The van der Waals surface area contributed by atoms with E-state index in [4.69, 9.17) is 15.6 Å². The summed E-state index contributed by atoms with van der Waals surface area (Å²) in [7, 11) is -2.81. The number of aromatic nitrogens is 1. The van der Waals surface area contributed by atoms with Crippen molar-refractivity contribution in [3.05, 3.63) is 94.3 Å². The standard InChI is InChI=1S/C26H26N4O6S3/c1-35-26(32)30-21(15-17-6-3-2-4-7-17)24(31)28-20(22-16-38-25(29-22)23-8-5-13-37-23)14-18-9-11-19(12-10-18)39(33,34)36-27/h2-13,16,20-21H,14-15,27H2,1H3,(H,28,31)(H,30,32)/t20-,21-/m0/s1. The Morgan fingerprint density at radius 1 is 0.949 bits per heavy atom. The first-order valence-corrected chi connectivity index (χ1v) is 14.9. The first-order valence-electron chi connectivity index (χ1n) is 11.7. The fraction of sp³-hybridized carbons (Fsp3) is 0.192. The highest BCUT2D eigenvalue weighted by Gasteiger charge is 2.27. The normalized spacial score (nSPS) is 12.9. The highest BCUT2D eigenvalue weighted by molar-refractivity contribution is 7.86. The van der Waals surface area contributed by atoms with E-state index in [1.54, 1.807) is 23.5 Å². The first-order chi connectivity index (χ1) is 18.8. The molecule has 0 fully saturated rings. The molecule has 2 aromatic heterocycles. The van der Waals surface area contributed by atoms with Gasteiger partial charge in [-0.1, -0.05) is 48.5 Å². The molecule has 0 saturated heterocycles. The monoisotopic (exact) mass is 586 g/mol. The second-order valence-electron chi connectivity index (χ2n) is 8.39. The highest BCUT2D eigenvalue weighted by atomic mass is 32.2. The van der Waals surface area contributed by atoms with Crippen molar-refractivity contribution in [1.29, 1.82) is 0 Å². The zero-order valence-electron chi connectivity index (χ0n) is 20.8. The molecular formula is C26H26N4O6S3. The summed E-state index contributed by atoms with van der Waals surface area (Å²) in [6.45, 7) is 0. The summed E-state index contributed by atoms with van der Waals surface area (Å²) >= 11 is 3.02. The van der Waals surface area contributed by atoms with Gasteiger partial charge in [-0.25, -0.2) is 9.78 Å². The fourth-order valence-corrected chi connectivity index (χ4v) is 6.07. The van der Waals surface area contributed by atoms with Crippen molar-refractivity contribution in [1.82, 2.24) is 15.6 Å². The Labute approximate surface area is 233 Å². The lowest BCUT2D eigenvalue weighted by atomic mass is 10.0. The Morgan fingerprint density at radius 2 is 1.67 bits per heavy atom. The minimum Gasteiger partial charge on any atom is -0.453 e. The predicted molar refractivity (Wildman–Crippen MR) is 148 cm³/mol. The number of ether oxygens (including phenoxy) is 1. The number of carbonyl (C=O) groups is 2. The molecular weight excluding hydrogens is 561 g/mol. The molecule has 2 amide bonds. The molecule has 2 atom stereocenters. The molecule has 0 spiro atoms. The van der Waals surface area contributed by atoms with Crippen molar-refractivity contribution in [2.75, 3.05) is 7.11 Å². The lowest BCUT2D eigenvalue weighted by molar-refractivity contribution is -0.123. The van der Waals surface area contributed by atoms with Crippen LogP contribution in [0.2, 0.25) is 0 Å². The first kappa shape index (κ1) is 28.4. The molecule has 0 aliphatic heterocycles. The van der Waals surface area contributed by atoms with Gasteiger partial charge in [0.1, 0.15) is 11.0 Å². The van der Waals surface area contributed by atoms with Crippen LogP contribution in [0.5, 0.6) is 0 Å². The Balaban J connectivity index is 1.61. The molecule has 4 aromatic rings. The van der Waals surface area contributed by atoms with Gasteiger partial charge in [-0.3, -0.25) is 4.79 Å². The van der Waals surface area contributed by atoms with Gasteiger partial charge in [-0.2, -0.15) is 18.6 Å². The minimum atomic E-state index is -4.04. The molecule has 0 radical (unpaired) electrons. The van der Waals surface area contributed by atoms with Gasteiger partial charge in [0.15, 0.2) is 0 Å².